The zero-order valence-corrected chi connectivity index (χ0v) is 12.2. The Labute approximate surface area is 125 Å². The third kappa shape index (κ3) is 2.90. The molecule has 0 saturated carbocycles. The average molecular weight is 328 g/mol. The van der Waals surface area contributed by atoms with Crippen LogP contribution in [0.3, 0.4) is 0 Å². The van der Waals surface area contributed by atoms with Gasteiger partial charge < -0.3 is 10.1 Å². The van der Waals surface area contributed by atoms with E-state index in [1.165, 1.54) is 0 Å². The van der Waals surface area contributed by atoms with E-state index >= 15 is 0 Å². The summed E-state index contributed by atoms with van der Waals surface area (Å²) in [4.78, 5) is 0. The third-order valence-corrected chi connectivity index (χ3v) is 3.12. The number of nitriles is 2. The SMILES string of the molecule is COc1cccc(C#N)c1Nc1cc(Br)cc(C#N)c1. The van der Waals surface area contributed by atoms with Gasteiger partial charge in [0.25, 0.3) is 0 Å². The van der Waals surface area contributed by atoms with Crippen molar-refractivity contribution in [1.29, 1.82) is 10.5 Å². The van der Waals surface area contributed by atoms with E-state index in [0.717, 1.165) is 4.47 Å². The molecule has 0 heterocycles. The summed E-state index contributed by atoms with van der Waals surface area (Å²) in [7, 11) is 1.54. The Morgan fingerprint density at radius 3 is 2.60 bits per heavy atom. The monoisotopic (exact) mass is 327 g/mol. The first-order valence-corrected chi connectivity index (χ1v) is 6.52. The Morgan fingerprint density at radius 1 is 1.15 bits per heavy atom. The number of methoxy groups -OCH3 is 1. The predicted octanol–water partition coefficient (Wildman–Crippen LogP) is 3.94. The van der Waals surface area contributed by atoms with Crippen LogP contribution in [0.4, 0.5) is 11.4 Å². The number of nitrogens with one attached hydrogen (secondary N) is 1. The minimum Gasteiger partial charge on any atom is -0.495 e. The molecule has 0 atom stereocenters. The van der Waals surface area contributed by atoms with Crippen LogP contribution in [0, 0.1) is 22.7 Å². The van der Waals surface area contributed by atoms with Crippen molar-refractivity contribution in [3.8, 4) is 17.9 Å². The molecular formula is C15H10BrN3O. The molecule has 0 saturated heterocycles. The molecule has 0 spiro atoms. The molecule has 2 aromatic carbocycles. The van der Waals surface area contributed by atoms with Crippen molar-refractivity contribution in [2.75, 3.05) is 12.4 Å². The predicted molar refractivity (Wildman–Crippen MR) is 79.8 cm³/mol. The van der Waals surface area contributed by atoms with E-state index in [-0.39, 0.29) is 0 Å². The van der Waals surface area contributed by atoms with Crippen LogP contribution in [0.15, 0.2) is 40.9 Å². The number of benzene rings is 2. The summed E-state index contributed by atoms with van der Waals surface area (Å²) in [6, 6.07) is 14.7. The van der Waals surface area contributed by atoms with Crippen LogP contribution in [0.1, 0.15) is 11.1 Å². The molecule has 0 bridgehead atoms. The lowest BCUT2D eigenvalue weighted by atomic mass is 10.1. The van der Waals surface area contributed by atoms with E-state index in [0.29, 0.717) is 28.3 Å². The zero-order chi connectivity index (χ0) is 14.5. The zero-order valence-electron chi connectivity index (χ0n) is 10.6. The van der Waals surface area contributed by atoms with E-state index in [4.69, 9.17) is 15.3 Å². The molecule has 2 aromatic rings. The lowest BCUT2D eigenvalue weighted by Crippen LogP contribution is -1.98. The number of hydrogen-bond donors (Lipinski definition) is 1. The second kappa shape index (κ2) is 6.10. The molecule has 0 radical (unpaired) electrons. The Bertz CT molecular complexity index is 729. The van der Waals surface area contributed by atoms with Gasteiger partial charge in [0.05, 0.1) is 30.0 Å². The molecule has 0 aliphatic rings. The Morgan fingerprint density at radius 2 is 1.95 bits per heavy atom. The fourth-order valence-corrected chi connectivity index (χ4v) is 2.29. The molecule has 4 nitrogen and oxygen atoms in total. The highest BCUT2D eigenvalue weighted by molar-refractivity contribution is 9.10. The summed E-state index contributed by atoms with van der Waals surface area (Å²) in [6.07, 6.45) is 0. The molecular weight excluding hydrogens is 318 g/mol. The number of rotatable bonds is 3. The molecule has 0 unspecified atom stereocenters. The minimum absolute atomic E-state index is 0.475. The topological polar surface area (TPSA) is 68.8 Å². The molecule has 0 amide bonds. The molecule has 98 valence electrons. The van der Waals surface area contributed by atoms with Crippen LogP contribution in [0.2, 0.25) is 0 Å². The minimum atomic E-state index is 0.475. The van der Waals surface area contributed by atoms with Gasteiger partial charge in [0.1, 0.15) is 11.8 Å². The first-order chi connectivity index (χ1) is 9.67. The van der Waals surface area contributed by atoms with E-state index in [9.17, 15) is 0 Å². The highest BCUT2D eigenvalue weighted by Gasteiger charge is 2.10. The summed E-state index contributed by atoms with van der Waals surface area (Å²) >= 11 is 3.35. The molecule has 0 fully saturated rings. The van der Waals surface area contributed by atoms with Crippen molar-refractivity contribution >= 4 is 27.3 Å². The van der Waals surface area contributed by atoms with Gasteiger partial charge in [-0.1, -0.05) is 22.0 Å². The van der Waals surface area contributed by atoms with Gasteiger partial charge in [-0.25, -0.2) is 0 Å². The first kappa shape index (κ1) is 13.9. The summed E-state index contributed by atoms with van der Waals surface area (Å²) in [5, 5.41) is 21.3. The molecule has 2 rings (SSSR count). The second-order valence-electron chi connectivity index (χ2n) is 3.96. The van der Waals surface area contributed by atoms with Crippen molar-refractivity contribution in [2.45, 2.75) is 0 Å². The van der Waals surface area contributed by atoms with Crippen LogP contribution < -0.4 is 10.1 Å². The summed E-state index contributed by atoms with van der Waals surface area (Å²) in [5.41, 5.74) is 2.29. The average Bonchev–Trinajstić information content (AvgIpc) is 2.46. The van der Waals surface area contributed by atoms with E-state index in [1.807, 2.05) is 6.07 Å². The van der Waals surface area contributed by atoms with Gasteiger partial charge in [-0.15, -0.1) is 0 Å². The van der Waals surface area contributed by atoms with Crippen molar-refractivity contribution < 1.29 is 4.74 Å². The smallest absolute Gasteiger partial charge is 0.143 e. The summed E-state index contributed by atoms with van der Waals surface area (Å²) in [6.45, 7) is 0. The van der Waals surface area contributed by atoms with E-state index in [2.05, 4.69) is 33.4 Å². The van der Waals surface area contributed by atoms with Crippen LogP contribution in [0.25, 0.3) is 0 Å². The fourth-order valence-electron chi connectivity index (χ4n) is 1.79. The van der Waals surface area contributed by atoms with Crippen molar-refractivity contribution in [3.05, 3.63) is 52.0 Å². The summed E-state index contributed by atoms with van der Waals surface area (Å²) < 4.78 is 6.04. The number of halogens is 1. The maximum absolute atomic E-state index is 9.16. The van der Waals surface area contributed by atoms with Crippen molar-refractivity contribution in [3.63, 3.8) is 0 Å². The van der Waals surface area contributed by atoms with Gasteiger partial charge in [0, 0.05) is 10.2 Å². The van der Waals surface area contributed by atoms with E-state index < -0.39 is 0 Å². The quantitative estimate of drug-likeness (QED) is 0.926. The van der Waals surface area contributed by atoms with Gasteiger partial charge in [-0.2, -0.15) is 10.5 Å². The number of hydrogen-bond acceptors (Lipinski definition) is 4. The number of para-hydroxylation sites is 1. The maximum atomic E-state index is 9.16. The van der Waals surface area contributed by atoms with Crippen molar-refractivity contribution in [2.24, 2.45) is 0 Å². The second-order valence-corrected chi connectivity index (χ2v) is 4.88. The highest BCUT2D eigenvalue weighted by Crippen LogP contribution is 2.32. The Balaban J connectivity index is 2.48. The molecule has 0 aliphatic carbocycles. The standard InChI is InChI=1S/C15H10BrN3O/c1-20-14-4-2-3-11(9-18)15(14)19-13-6-10(8-17)5-12(16)7-13/h2-7,19H,1H3. The van der Waals surface area contributed by atoms with Crippen molar-refractivity contribution in [1.82, 2.24) is 0 Å². The number of anilines is 2. The van der Waals surface area contributed by atoms with Gasteiger partial charge in [-0.3, -0.25) is 0 Å². The van der Waals surface area contributed by atoms with E-state index in [1.54, 1.807) is 37.4 Å². The molecule has 20 heavy (non-hydrogen) atoms. The van der Waals surface area contributed by atoms with Gasteiger partial charge in [0.15, 0.2) is 0 Å². The maximum Gasteiger partial charge on any atom is 0.143 e. The molecule has 0 aromatic heterocycles. The van der Waals surface area contributed by atoms with Crippen LogP contribution in [-0.4, -0.2) is 7.11 Å². The third-order valence-electron chi connectivity index (χ3n) is 2.66. The normalized spacial score (nSPS) is 9.40. The van der Waals surface area contributed by atoms with Gasteiger partial charge in [-0.05, 0) is 30.3 Å². The first-order valence-electron chi connectivity index (χ1n) is 5.72. The number of nitrogens with zero attached hydrogens (tertiary/aromatic N) is 2. The molecule has 5 heteroatoms. The molecule has 0 aliphatic heterocycles. The highest BCUT2D eigenvalue weighted by atomic mass is 79.9. The molecule has 1 N–H and O–H groups in total. The van der Waals surface area contributed by atoms with Crippen LogP contribution >= 0.6 is 15.9 Å². The fraction of sp³-hybridized carbons (Fsp3) is 0.0667. The lowest BCUT2D eigenvalue weighted by Gasteiger charge is -2.13. The Kier molecular flexibility index (Phi) is 4.24. The van der Waals surface area contributed by atoms with Crippen LogP contribution in [-0.2, 0) is 0 Å². The Hall–Kier alpha value is -2.50. The van der Waals surface area contributed by atoms with Crippen LogP contribution in [0.5, 0.6) is 5.75 Å². The number of ether oxygens (including phenoxy) is 1. The summed E-state index contributed by atoms with van der Waals surface area (Å²) in [5.74, 6) is 0.572. The van der Waals surface area contributed by atoms with Gasteiger partial charge >= 0.3 is 0 Å². The lowest BCUT2D eigenvalue weighted by molar-refractivity contribution is 0.416. The largest absolute Gasteiger partial charge is 0.495 e. The van der Waals surface area contributed by atoms with Gasteiger partial charge in [0.2, 0.25) is 0 Å².